The van der Waals surface area contributed by atoms with Crippen LogP contribution in [0.3, 0.4) is 0 Å². The van der Waals surface area contributed by atoms with Crippen LogP contribution in [-0.2, 0) is 11.3 Å². The second-order valence-corrected chi connectivity index (χ2v) is 4.33. The molecule has 20 heavy (non-hydrogen) atoms. The van der Waals surface area contributed by atoms with Crippen LogP contribution < -0.4 is 10.1 Å². The first-order chi connectivity index (χ1) is 9.73. The molecule has 0 aromatic carbocycles. The Bertz CT molecular complexity index is 359. The number of nitrogens with zero attached hydrogens (tertiary/aromatic N) is 3. The zero-order valence-electron chi connectivity index (χ0n) is 13.0. The molecule has 0 aliphatic rings. The molecule has 0 atom stereocenters. The molecule has 1 aromatic rings. The molecule has 0 saturated carbocycles. The Balaban J connectivity index is 2.62. The van der Waals surface area contributed by atoms with Gasteiger partial charge in [-0.3, -0.25) is 0 Å². The van der Waals surface area contributed by atoms with Crippen molar-refractivity contribution in [3.63, 3.8) is 0 Å². The van der Waals surface area contributed by atoms with Crippen molar-refractivity contribution in [1.82, 2.24) is 14.9 Å². The zero-order chi connectivity index (χ0) is 14.8. The number of rotatable bonds is 10. The summed E-state index contributed by atoms with van der Waals surface area (Å²) < 4.78 is 10.5. The summed E-state index contributed by atoms with van der Waals surface area (Å²) in [6, 6.07) is 1.82. The molecule has 0 amide bonds. The molecule has 0 aliphatic heterocycles. The SMILES string of the molecule is CCOc1cc(NCCN(CC)CC)nc(COC)n1. The van der Waals surface area contributed by atoms with E-state index in [0.717, 1.165) is 32.0 Å². The molecule has 0 saturated heterocycles. The summed E-state index contributed by atoms with van der Waals surface area (Å²) in [6.45, 7) is 11.2. The van der Waals surface area contributed by atoms with E-state index in [4.69, 9.17) is 9.47 Å². The molecule has 1 aromatic heterocycles. The van der Waals surface area contributed by atoms with E-state index in [1.165, 1.54) is 0 Å². The maximum absolute atomic E-state index is 5.45. The van der Waals surface area contributed by atoms with Gasteiger partial charge in [0, 0.05) is 26.3 Å². The molecule has 1 heterocycles. The number of aromatic nitrogens is 2. The second kappa shape index (κ2) is 9.50. The third-order valence-electron chi connectivity index (χ3n) is 2.94. The number of methoxy groups -OCH3 is 1. The lowest BCUT2D eigenvalue weighted by atomic mass is 10.4. The van der Waals surface area contributed by atoms with Crippen molar-refractivity contribution >= 4 is 5.82 Å². The molecule has 6 nitrogen and oxygen atoms in total. The van der Waals surface area contributed by atoms with Crippen molar-refractivity contribution in [2.24, 2.45) is 0 Å². The average Bonchev–Trinajstić information content (AvgIpc) is 2.44. The van der Waals surface area contributed by atoms with Gasteiger partial charge in [-0.15, -0.1) is 0 Å². The molecule has 1 rings (SSSR count). The smallest absolute Gasteiger partial charge is 0.218 e. The Kier molecular flexibility index (Phi) is 7.91. The van der Waals surface area contributed by atoms with Crippen LogP contribution in [0.4, 0.5) is 5.82 Å². The minimum absolute atomic E-state index is 0.381. The third-order valence-corrected chi connectivity index (χ3v) is 2.94. The molecule has 0 unspecified atom stereocenters. The van der Waals surface area contributed by atoms with Crippen molar-refractivity contribution in [2.45, 2.75) is 27.4 Å². The van der Waals surface area contributed by atoms with Gasteiger partial charge in [0.15, 0.2) is 5.82 Å². The van der Waals surface area contributed by atoms with Crippen LogP contribution in [0.15, 0.2) is 6.07 Å². The summed E-state index contributed by atoms with van der Waals surface area (Å²) in [6.07, 6.45) is 0. The molecular formula is C14H26N4O2. The standard InChI is InChI=1S/C14H26N4O2/c1-5-18(6-2)9-8-15-12-10-14(20-7-3)17-13(16-12)11-19-4/h10H,5-9,11H2,1-4H3,(H,15,16,17). The van der Waals surface area contributed by atoms with Gasteiger partial charge < -0.3 is 19.7 Å². The van der Waals surface area contributed by atoms with Gasteiger partial charge in [-0.05, 0) is 20.0 Å². The average molecular weight is 282 g/mol. The van der Waals surface area contributed by atoms with E-state index in [1.54, 1.807) is 7.11 Å². The van der Waals surface area contributed by atoms with Gasteiger partial charge in [0.2, 0.25) is 5.88 Å². The predicted octanol–water partition coefficient (Wildman–Crippen LogP) is 1.78. The highest BCUT2D eigenvalue weighted by atomic mass is 16.5. The highest BCUT2D eigenvalue weighted by Gasteiger charge is 2.06. The molecular weight excluding hydrogens is 256 g/mol. The third kappa shape index (κ3) is 5.71. The summed E-state index contributed by atoms with van der Waals surface area (Å²) in [4.78, 5) is 11.0. The fourth-order valence-electron chi connectivity index (χ4n) is 1.86. The number of nitrogens with one attached hydrogen (secondary N) is 1. The van der Waals surface area contributed by atoms with Crippen LogP contribution in [0, 0.1) is 0 Å². The van der Waals surface area contributed by atoms with Crippen molar-refractivity contribution in [1.29, 1.82) is 0 Å². The number of hydrogen-bond donors (Lipinski definition) is 1. The monoisotopic (exact) mass is 282 g/mol. The van der Waals surface area contributed by atoms with E-state index < -0.39 is 0 Å². The van der Waals surface area contributed by atoms with Gasteiger partial charge in [-0.1, -0.05) is 13.8 Å². The van der Waals surface area contributed by atoms with Crippen LogP contribution >= 0.6 is 0 Å². The lowest BCUT2D eigenvalue weighted by molar-refractivity contribution is 0.176. The zero-order valence-corrected chi connectivity index (χ0v) is 13.0. The molecule has 0 fully saturated rings. The van der Waals surface area contributed by atoms with Gasteiger partial charge in [-0.25, -0.2) is 4.98 Å². The van der Waals surface area contributed by atoms with Crippen molar-refractivity contribution < 1.29 is 9.47 Å². The lowest BCUT2D eigenvalue weighted by Gasteiger charge is -2.18. The molecule has 114 valence electrons. The largest absolute Gasteiger partial charge is 0.478 e. The van der Waals surface area contributed by atoms with Gasteiger partial charge in [0.1, 0.15) is 12.4 Å². The fraction of sp³-hybridized carbons (Fsp3) is 0.714. The van der Waals surface area contributed by atoms with E-state index in [0.29, 0.717) is 24.9 Å². The number of hydrogen-bond acceptors (Lipinski definition) is 6. The summed E-state index contributed by atoms with van der Waals surface area (Å²) in [7, 11) is 1.63. The highest BCUT2D eigenvalue weighted by molar-refractivity contribution is 5.38. The maximum Gasteiger partial charge on any atom is 0.218 e. The van der Waals surface area contributed by atoms with Gasteiger partial charge in [0.25, 0.3) is 0 Å². The minimum atomic E-state index is 0.381. The summed E-state index contributed by atoms with van der Waals surface area (Å²) >= 11 is 0. The van der Waals surface area contributed by atoms with Gasteiger partial charge in [-0.2, -0.15) is 4.98 Å². The quantitative estimate of drug-likeness (QED) is 0.706. The molecule has 1 N–H and O–H groups in total. The van der Waals surface area contributed by atoms with Crippen LogP contribution in [0.1, 0.15) is 26.6 Å². The van der Waals surface area contributed by atoms with E-state index in [9.17, 15) is 0 Å². The maximum atomic E-state index is 5.45. The van der Waals surface area contributed by atoms with E-state index in [1.807, 2.05) is 13.0 Å². The molecule has 0 bridgehead atoms. The van der Waals surface area contributed by atoms with Crippen LogP contribution in [0.2, 0.25) is 0 Å². The molecule has 0 aliphatic carbocycles. The Morgan fingerprint density at radius 2 is 1.95 bits per heavy atom. The van der Waals surface area contributed by atoms with Gasteiger partial charge in [0.05, 0.1) is 6.61 Å². The van der Waals surface area contributed by atoms with E-state index in [-0.39, 0.29) is 0 Å². The molecule has 0 spiro atoms. The summed E-state index contributed by atoms with van der Waals surface area (Å²) in [5.74, 6) is 1.99. The summed E-state index contributed by atoms with van der Waals surface area (Å²) in [5.41, 5.74) is 0. The molecule has 6 heteroatoms. The number of anilines is 1. The first kappa shape index (κ1) is 16.7. The minimum Gasteiger partial charge on any atom is -0.478 e. The second-order valence-electron chi connectivity index (χ2n) is 4.33. The predicted molar refractivity (Wildman–Crippen MR) is 80.2 cm³/mol. The lowest BCUT2D eigenvalue weighted by Crippen LogP contribution is -2.28. The van der Waals surface area contributed by atoms with Gasteiger partial charge >= 0.3 is 0 Å². The number of ether oxygens (including phenoxy) is 2. The Labute approximate surface area is 121 Å². The highest BCUT2D eigenvalue weighted by Crippen LogP contribution is 2.14. The number of likely N-dealkylation sites (N-methyl/N-ethyl adjacent to an activating group) is 1. The summed E-state index contributed by atoms with van der Waals surface area (Å²) in [5, 5.41) is 3.31. The molecule has 0 radical (unpaired) electrons. The van der Waals surface area contributed by atoms with Crippen LogP contribution in [0.5, 0.6) is 5.88 Å². The van der Waals surface area contributed by atoms with Crippen LogP contribution in [0.25, 0.3) is 0 Å². The Morgan fingerprint density at radius 3 is 2.55 bits per heavy atom. The van der Waals surface area contributed by atoms with E-state index in [2.05, 4.69) is 34.0 Å². The first-order valence-corrected chi connectivity index (χ1v) is 7.19. The van der Waals surface area contributed by atoms with Crippen molar-refractivity contribution in [3.8, 4) is 5.88 Å². The van der Waals surface area contributed by atoms with Crippen molar-refractivity contribution in [3.05, 3.63) is 11.9 Å². The van der Waals surface area contributed by atoms with Crippen LogP contribution in [-0.4, -0.2) is 54.8 Å². The Morgan fingerprint density at radius 1 is 1.20 bits per heavy atom. The fourth-order valence-corrected chi connectivity index (χ4v) is 1.86. The Hall–Kier alpha value is -1.40. The topological polar surface area (TPSA) is 59.5 Å². The first-order valence-electron chi connectivity index (χ1n) is 7.19. The van der Waals surface area contributed by atoms with Crippen molar-refractivity contribution in [2.75, 3.05) is 45.2 Å². The normalized spacial score (nSPS) is 10.8. The van der Waals surface area contributed by atoms with E-state index >= 15 is 0 Å².